The van der Waals surface area contributed by atoms with Crippen LogP contribution in [-0.2, 0) is 11.3 Å². The van der Waals surface area contributed by atoms with E-state index in [4.69, 9.17) is 0 Å². The lowest BCUT2D eigenvalue weighted by Crippen LogP contribution is -2.15. The van der Waals surface area contributed by atoms with E-state index in [0.29, 0.717) is 17.8 Å². The van der Waals surface area contributed by atoms with Gasteiger partial charge in [0.05, 0.1) is 18.0 Å². The highest BCUT2D eigenvalue weighted by Gasteiger charge is 2.13. The number of carbonyl (C=O) groups excluding carboxylic acids is 1. The van der Waals surface area contributed by atoms with Gasteiger partial charge in [-0.25, -0.2) is 17.9 Å². The van der Waals surface area contributed by atoms with Crippen molar-refractivity contribution >= 4 is 23.5 Å². The van der Waals surface area contributed by atoms with Gasteiger partial charge >= 0.3 is 0 Å². The smallest absolute Gasteiger partial charge is 0.235 e. The van der Waals surface area contributed by atoms with Gasteiger partial charge in [-0.15, -0.1) is 16.9 Å². The molecule has 0 spiro atoms. The van der Waals surface area contributed by atoms with Crippen molar-refractivity contribution < 1.29 is 18.0 Å². The molecule has 0 unspecified atom stereocenters. The molecular weight excluding hydrogens is 377 g/mol. The SMILES string of the molecule is Cc1c(NC(=O)CSc2ccc(F)cc2F)nnn1Cc1cccc(F)c1. The summed E-state index contributed by atoms with van der Waals surface area (Å²) in [5, 5.41) is 10.5. The first kappa shape index (κ1) is 19.0. The first-order chi connectivity index (χ1) is 12.9. The molecule has 0 saturated heterocycles. The number of carbonyl (C=O) groups is 1. The minimum atomic E-state index is -0.718. The third-order valence-electron chi connectivity index (χ3n) is 3.71. The molecule has 1 heterocycles. The molecule has 1 amide bonds. The Hall–Kier alpha value is -2.81. The molecule has 0 aliphatic heterocycles. The van der Waals surface area contributed by atoms with E-state index in [9.17, 15) is 18.0 Å². The van der Waals surface area contributed by atoms with Gasteiger partial charge in [0.1, 0.15) is 17.5 Å². The number of hydrogen-bond donors (Lipinski definition) is 1. The van der Waals surface area contributed by atoms with Crippen molar-refractivity contribution in [3.8, 4) is 0 Å². The summed E-state index contributed by atoms with van der Waals surface area (Å²) in [6.07, 6.45) is 0. The number of thioether (sulfide) groups is 1. The highest BCUT2D eigenvalue weighted by molar-refractivity contribution is 8.00. The van der Waals surface area contributed by atoms with E-state index >= 15 is 0 Å². The molecule has 0 fully saturated rings. The molecule has 1 aromatic heterocycles. The standard InChI is InChI=1S/C18H15F3N4OS/c1-11-18(23-24-25(11)9-12-3-2-4-13(19)7-12)22-17(26)10-27-16-6-5-14(20)8-15(16)21/h2-8H,9-10H2,1H3,(H,22,26). The Morgan fingerprint density at radius 3 is 2.67 bits per heavy atom. The molecule has 0 saturated carbocycles. The van der Waals surface area contributed by atoms with Gasteiger partial charge in [-0.05, 0) is 36.8 Å². The van der Waals surface area contributed by atoms with E-state index in [-0.39, 0.29) is 22.3 Å². The molecule has 3 rings (SSSR count). The summed E-state index contributed by atoms with van der Waals surface area (Å²) >= 11 is 0.950. The summed E-state index contributed by atoms with van der Waals surface area (Å²) < 4.78 is 41.3. The van der Waals surface area contributed by atoms with E-state index in [1.54, 1.807) is 19.1 Å². The van der Waals surface area contributed by atoms with Gasteiger partial charge in [0, 0.05) is 11.0 Å². The molecule has 0 radical (unpaired) electrons. The molecule has 0 atom stereocenters. The Balaban J connectivity index is 1.60. The number of anilines is 1. The number of hydrogen-bond acceptors (Lipinski definition) is 4. The highest BCUT2D eigenvalue weighted by atomic mass is 32.2. The van der Waals surface area contributed by atoms with Crippen LogP contribution in [-0.4, -0.2) is 26.7 Å². The maximum atomic E-state index is 13.6. The van der Waals surface area contributed by atoms with Crippen molar-refractivity contribution in [1.29, 1.82) is 0 Å². The average molecular weight is 392 g/mol. The van der Waals surface area contributed by atoms with Gasteiger partial charge < -0.3 is 5.32 Å². The van der Waals surface area contributed by atoms with Crippen molar-refractivity contribution in [2.75, 3.05) is 11.1 Å². The Bertz CT molecular complexity index is 977. The zero-order valence-corrected chi connectivity index (χ0v) is 15.1. The second-order valence-corrected chi connectivity index (χ2v) is 6.74. The first-order valence-electron chi connectivity index (χ1n) is 7.94. The van der Waals surface area contributed by atoms with E-state index in [2.05, 4.69) is 15.6 Å². The fourth-order valence-corrected chi connectivity index (χ4v) is 3.06. The summed E-state index contributed by atoms with van der Waals surface area (Å²) in [6.45, 7) is 2.03. The number of amides is 1. The van der Waals surface area contributed by atoms with Gasteiger partial charge in [0.15, 0.2) is 5.82 Å². The van der Waals surface area contributed by atoms with Crippen molar-refractivity contribution in [2.24, 2.45) is 0 Å². The number of nitrogens with zero attached hydrogens (tertiary/aromatic N) is 3. The lowest BCUT2D eigenvalue weighted by atomic mass is 10.2. The van der Waals surface area contributed by atoms with Crippen LogP contribution in [0.2, 0.25) is 0 Å². The molecule has 9 heteroatoms. The van der Waals surface area contributed by atoms with Crippen LogP contribution in [0.5, 0.6) is 0 Å². The Kier molecular flexibility index (Phi) is 5.80. The van der Waals surface area contributed by atoms with Crippen LogP contribution in [0.3, 0.4) is 0 Å². The topological polar surface area (TPSA) is 59.8 Å². The number of halogens is 3. The number of benzene rings is 2. The summed E-state index contributed by atoms with van der Waals surface area (Å²) in [5.74, 6) is -1.93. The van der Waals surface area contributed by atoms with Crippen LogP contribution in [0.1, 0.15) is 11.3 Å². The van der Waals surface area contributed by atoms with Crippen LogP contribution in [0.25, 0.3) is 0 Å². The van der Waals surface area contributed by atoms with Crippen molar-refractivity contribution in [2.45, 2.75) is 18.4 Å². The summed E-state index contributed by atoms with van der Waals surface area (Å²) in [5.41, 5.74) is 1.31. The van der Waals surface area contributed by atoms with Crippen molar-refractivity contribution in [3.63, 3.8) is 0 Å². The quantitative estimate of drug-likeness (QED) is 0.649. The summed E-state index contributed by atoms with van der Waals surface area (Å²) in [7, 11) is 0. The second kappa shape index (κ2) is 8.26. The third kappa shape index (κ3) is 4.88. The molecule has 0 aliphatic rings. The Morgan fingerprint density at radius 1 is 1.15 bits per heavy atom. The lowest BCUT2D eigenvalue weighted by Gasteiger charge is -2.06. The van der Waals surface area contributed by atoms with Crippen LogP contribution < -0.4 is 5.32 Å². The normalized spacial score (nSPS) is 10.8. The highest BCUT2D eigenvalue weighted by Crippen LogP contribution is 2.22. The molecule has 0 bridgehead atoms. The molecule has 5 nitrogen and oxygen atoms in total. The number of rotatable bonds is 6. The van der Waals surface area contributed by atoms with Gasteiger partial charge in [-0.3, -0.25) is 4.79 Å². The van der Waals surface area contributed by atoms with Crippen molar-refractivity contribution in [1.82, 2.24) is 15.0 Å². The summed E-state index contributed by atoms with van der Waals surface area (Å²) in [6, 6.07) is 9.29. The van der Waals surface area contributed by atoms with Crippen LogP contribution in [0.4, 0.5) is 19.0 Å². The third-order valence-corrected chi connectivity index (χ3v) is 4.76. The number of aromatic nitrogens is 3. The molecule has 140 valence electrons. The van der Waals surface area contributed by atoms with Gasteiger partial charge in [0.2, 0.25) is 5.91 Å². The monoisotopic (exact) mass is 392 g/mol. The molecule has 27 heavy (non-hydrogen) atoms. The van der Waals surface area contributed by atoms with E-state index in [0.717, 1.165) is 23.9 Å². The van der Waals surface area contributed by atoms with Gasteiger partial charge in [-0.1, -0.05) is 17.3 Å². The molecule has 0 aliphatic carbocycles. The fourth-order valence-electron chi connectivity index (χ4n) is 2.34. The lowest BCUT2D eigenvalue weighted by molar-refractivity contribution is -0.113. The van der Waals surface area contributed by atoms with E-state index in [1.165, 1.54) is 22.9 Å². The van der Waals surface area contributed by atoms with E-state index in [1.807, 2.05) is 0 Å². The first-order valence-corrected chi connectivity index (χ1v) is 8.93. The zero-order chi connectivity index (χ0) is 19.4. The second-order valence-electron chi connectivity index (χ2n) is 5.72. The maximum absolute atomic E-state index is 13.6. The van der Waals surface area contributed by atoms with E-state index < -0.39 is 17.5 Å². The Labute approximate surface area is 157 Å². The minimum absolute atomic E-state index is 0.0707. The maximum Gasteiger partial charge on any atom is 0.235 e. The average Bonchev–Trinajstić information content (AvgIpc) is 2.94. The molecule has 1 N–H and O–H groups in total. The van der Waals surface area contributed by atoms with Crippen LogP contribution in [0.15, 0.2) is 47.4 Å². The van der Waals surface area contributed by atoms with Gasteiger partial charge in [-0.2, -0.15) is 0 Å². The fraction of sp³-hybridized carbons (Fsp3) is 0.167. The van der Waals surface area contributed by atoms with Crippen LogP contribution >= 0.6 is 11.8 Å². The molecule has 2 aromatic carbocycles. The predicted octanol–water partition coefficient (Wildman–Crippen LogP) is 3.78. The Morgan fingerprint density at radius 2 is 1.93 bits per heavy atom. The molecular formula is C18H15F3N4OS. The van der Waals surface area contributed by atoms with Crippen molar-refractivity contribution in [3.05, 3.63) is 71.2 Å². The van der Waals surface area contributed by atoms with Gasteiger partial charge in [0.25, 0.3) is 0 Å². The largest absolute Gasteiger partial charge is 0.307 e. The number of nitrogens with one attached hydrogen (secondary N) is 1. The van der Waals surface area contributed by atoms with Crippen LogP contribution in [0, 0.1) is 24.4 Å². The minimum Gasteiger partial charge on any atom is -0.307 e. The zero-order valence-electron chi connectivity index (χ0n) is 14.2. The molecule has 3 aromatic rings. The predicted molar refractivity (Wildman–Crippen MR) is 96.0 cm³/mol. The summed E-state index contributed by atoms with van der Waals surface area (Å²) in [4.78, 5) is 12.3.